The highest BCUT2D eigenvalue weighted by atomic mass is 19.4. The van der Waals surface area contributed by atoms with E-state index >= 15 is 0 Å². The van der Waals surface area contributed by atoms with Gasteiger partial charge in [-0.05, 0) is 12.1 Å². The van der Waals surface area contributed by atoms with Crippen LogP contribution in [-0.2, 0) is 0 Å². The first-order chi connectivity index (χ1) is 9.31. The lowest BCUT2D eigenvalue weighted by Gasteiger charge is -2.09. The third-order valence-corrected chi connectivity index (χ3v) is 2.46. The molecule has 9 heteroatoms. The number of fused-ring (bicyclic) bond motifs is 1. The maximum atomic E-state index is 12.1. The first-order valence-corrected chi connectivity index (χ1v) is 5.24. The summed E-state index contributed by atoms with van der Waals surface area (Å²) in [4.78, 5) is 25.8. The number of rotatable bonds is 2. The number of nitrogens with one attached hydrogen (secondary N) is 2. The van der Waals surface area contributed by atoms with Crippen LogP contribution in [0.5, 0.6) is 5.75 Å². The summed E-state index contributed by atoms with van der Waals surface area (Å²) < 4.78 is 40.0. The zero-order valence-corrected chi connectivity index (χ0v) is 9.75. The van der Waals surface area contributed by atoms with Crippen LogP contribution in [0.25, 0.3) is 10.9 Å². The third-order valence-electron chi connectivity index (χ3n) is 2.46. The Morgan fingerprint density at radius 2 is 2.05 bits per heavy atom. The number of pyridine rings is 1. The number of hydrogen-bond donors (Lipinski definition) is 3. The maximum Gasteiger partial charge on any atom is 0.573 e. The molecule has 2 rings (SSSR count). The number of carbonyl (C=O) groups is 1. The lowest BCUT2D eigenvalue weighted by Crippen LogP contribution is -2.33. The highest BCUT2D eigenvalue weighted by molar-refractivity contribution is 5.96. The number of halogens is 3. The fraction of sp³-hybridized carbons (Fsp3) is 0.0909. The largest absolute Gasteiger partial charge is 0.573 e. The van der Waals surface area contributed by atoms with Crippen molar-refractivity contribution in [2.24, 2.45) is 5.84 Å². The number of H-pyrrole nitrogens is 1. The number of aromatic amines is 1. The van der Waals surface area contributed by atoms with E-state index in [1.807, 2.05) is 0 Å². The maximum absolute atomic E-state index is 12.1. The van der Waals surface area contributed by atoms with Gasteiger partial charge >= 0.3 is 6.36 Å². The minimum absolute atomic E-state index is 0.0422. The van der Waals surface area contributed by atoms with E-state index in [1.54, 1.807) is 5.43 Å². The van der Waals surface area contributed by atoms with Crippen LogP contribution in [0.2, 0.25) is 0 Å². The number of alkyl halides is 3. The van der Waals surface area contributed by atoms with Crippen molar-refractivity contribution in [3.05, 3.63) is 40.2 Å². The van der Waals surface area contributed by atoms with E-state index in [1.165, 1.54) is 0 Å². The Kier molecular flexibility index (Phi) is 3.36. The predicted octanol–water partition coefficient (Wildman–Crippen LogP) is 1.03. The van der Waals surface area contributed by atoms with Gasteiger partial charge < -0.3 is 9.72 Å². The number of aromatic nitrogens is 1. The summed E-state index contributed by atoms with van der Waals surface area (Å²) in [7, 11) is 0. The minimum atomic E-state index is -4.83. The first kappa shape index (κ1) is 13.9. The molecule has 1 aromatic carbocycles. The van der Waals surface area contributed by atoms with Crippen molar-refractivity contribution in [3.8, 4) is 5.75 Å². The highest BCUT2D eigenvalue weighted by Crippen LogP contribution is 2.24. The van der Waals surface area contributed by atoms with Crippen LogP contribution < -0.4 is 21.4 Å². The van der Waals surface area contributed by atoms with E-state index in [0.717, 1.165) is 24.4 Å². The van der Waals surface area contributed by atoms with Crippen molar-refractivity contribution in [1.29, 1.82) is 0 Å². The van der Waals surface area contributed by atoms with E-state index in [2.05, 4.69) is 9.72 Å². The molecule has 0 saturated carbocycles. The summed E-state index contributed by atoms with van der Waals surface area (Å²) in [6, 6.07) is 3.12. The highest BCUT2D eigenvalue weighted by Gasteiger charge is 2.31. The zero-order chi connectivity index (χ0) is 14.9. The molecule has 2 aromatic rings. The Hall–Kier alpha value is -2.55. The molecule has 4 N–H and O–H groups in total. The monoisotopic (exact) mass is 287 g/mol. The smallest absolute Gasteiger partial charge is 0.406 e. The lowest BCUT2D eigenvalue weighted by atomic mass is 10.1. The number of benzene rings is 1. The molecule has 0 atom stereocenters. The second-order valence-electron chi connectivity index (χ2n) is 3.76. The Balaban J connectivity index is 2.52. The molecular formula is C11H8F3N3O3. The molecule has 0 aliphatic carbocycles. The van der Waals surface area contributed by atoms with Gasteiger partial charge in [-0.1, -0.05) is 0 Å². The van der Waals surface area contributed by atoms with Crippen LogP contribution >= 0.6 is 0 Å². The van der Waals surface area contributed by atoms with Gasteiger partial charge in [0.1, 0.15) is 11.3 Å². The van der Waals surface area contributed by atoms with Crippen molar-refractivity contribution < 1.29 is 22.7 Å². The summed E-state index contributed by atoms with van der Waals surface area (Å²) in [5, 5.41) is 0.0422. The van der Waals surface area contributed by atoms with Gasteiger partial charge in [-0.15, -0.1) is 13.2 Å². The van der Waals surface area contributed by atoms with Crippen LogP contribution in [0, 0.1) is 0 Å². The van der Waals surface area contributed by atoms with Crippen LogP contribution in [0.15, 0.2) is 29.2 Å². The number of nitrogens with two attached hydrogens (primary N) is 1. The molecule has 0 aliphatic heterocycles. The van der Waals surface area contributed by atoms with Crippen molar-refractivity contribution in [2.45, 2.75) is 6.36 Å². The van der Waals surface area contributed by atoms with Crippen LogP contribution in [-0.4, -0.2) is 17.3 Å². The second-order valence-corrected chi connectivity index (χ2v) is 3.76. The number of amides is 1. The Morgan fingerprint density at radius 3 is 2.65 bits per heavy atom. The fourth-order valence-electron chi connectivity index (χ4n) is 1.64. The second kappa shape index (κ2) is 4.85. The van der Waals surface area contributed by atoms with Gasteiger partial charge in [0.25, 0.3) is 5.91 Å². The van der Waals surface area contributed by atoms with Gasteiger partial charge in [0.2, 0.25) is 5.43 Å². The fourth-order valence-corrected chi connectivity index (χ4v) is 1.64. The van der Waals surface area contributed by atoms with Crippen molar-refractivity contribution >= 4 is 16.8 Å². The number of hydrazine groups is 1. The van der Waals surface area contributed by atoms with Gasteiger partial charge in [-0.2, -0.15) is 0 Å². The lowest BCUT2D eigenvalue weighted by molar-refractivity contribution is -0.274. The molecule has 0 spiro atoms. The first-order valence-electron chi connectivity index (χ1n) is 5.24. The summed E-state index contributed by atoms with van der Waals surface area (Å²) in [5.74, 6) is 3.64. The Morgan fingerprint density at radius 1 is 1.35 bits per heavy atom. The molecule has 1 aromatic heterocycles. The van der Waals surface area contributed by atoms with Gasteiger partial charge in [0.05, 0.1) is 5.52 Å². The van der Waals surface area contributed by atoms with E-state index in [4.69, 9.17) is 5.84 Å². The minimum Gasteiger partial charge on any atom is -0.406 e. The van der Waals surface area contributed by atoms with E-state index < -0.39 is 23.4 Å². The van der Waals surface area contributed by atoms with Crippen LogP contribution in [0.4, 0.5) is 13.2 Å². The van der Waals surface area contributed by atoms with E-state index in [0.29, 0.717) is 0 Å². The van der Waals surface area contributed by atoms with Crippen molar-refractivity contribution in [3.63, 3.8) is 0 Å². The molecule has 0 aliphatic rings. The molecule has 20 heavy (non-hydrogen) atoms. The summed E-state index contributed by atoms with van der Waals surface area (Å²) >= 11 is 0. The third kappa shape index (κ3) is 2.72. The Labute approximate surface area is 109 Å². The van der Waals surface area contributed by atoms with Crippen LogP contribution in [0.3, 0.4) is 0 Å². The normalized spacial score (nSPS) is 11.4. The van der Waals surface area contributed by atoms with Gasteiger partial charge in [-0.25, -0.2) is 5.84 Å². The molecule has 106 valence electrons. The number of carbonyl (C=O) groups excluding carboxylic acids is 1. The standard InChI is InChI=1S/C11H8F3N3O3/c12-11(13,14)20-5-1-2-6-8(3-5)16-4-7(9(6)18)10(19)17-15/h1-4H,15H2,(H,16,18)(H,17,19). The number of hydrogen-bond acceptors (Lipinski definition) is 4. The van der Waals surface area contributed by atoms with Gasteiger partial charge in [0, 0.05) is 17.6 Å². The molecule has 6 nitrogen and oxygen atoms in total. The Bertz CT molecular complexity index is 724. The molecule has 0 radical (unpaired) electrons. The topological polar surface area (TPSA) is 97.2 Å². The molecule has 0 fully saturated rings. The number of ether oxygens (including phenoxy) is 1. The molecule has 0 saturated heterocycles. The summed E-state index contributed by atoms with van der Waals surface area (Å²) in [6.07, 6.45) is -3.77. The van der Waals surface area contributed by atoms with E-state index in [9.17, 15) is 22.8 Å². The molecule has 1 amide bonds. The summed E-state index contributed by atoms with van der Waals surface area (Å²) in [6.45, 7) is 0. The molecule has 0 unspecified atom stereocenters. The van der Waals surface area contributed by atoms with Crippen molar-refractivity contribution in [1.82, 2.24) is 10.4 Å². The zero-order valence-electron chi connectivity index (χ0n) is 9.75. The van der Waals surface area contributed by atoms with Gasteiger partial charge in [0.15, 0.2) is 0 Å². The van der Waals surface area contributed by atoms with Crippen molar-refractivity contribution in [2.75, 3.05) is 0 Å². The summed E-state index contributed by atoms with van der Waals surface area (Å²) in [5.41, 5.74) is 1.00. The van der Waals surface area contributed by atoms with Gasteiger partial charge in [-0.3, -0.25) is 15.0 Å². The average Bonchev–Trinajstić information content (AvgIpc) is 2.36. The SMILES string of the molecule is NNC(=O)c1c[nH]c2cc(OC(F)(F)F)ccc2c1=O. The quantitative estimate of drug-likeness (QED) is 0.436. The molecule has 0 bridgehead atoms. The molecule has 1 heterocycles. The van der Waals surface area contributed by atoms with Crippen LogP contribution in [0.1, 0.15) is 10.4 Å². The predicted molar refractivity (Wildman–Crippen MR) is 62.9 cm³/mol. The number of nitrogen functional groups attached to an aromatic ring is 1. The van der Waals surface area contributed by atoms with E-state index in [-0.39, 0.29) is 16.5 Å². The average molecular weight is 287 g/mol. The molecular weight excluding hydrogens is 279 g/mol.